The van der Waals surface area contributed by atoms with Crippen LogP contribution in [0.15, 0.2) is 53.4 Å². The van der Waals surface area contributed by atoms with Crippen LogP contribution >= 0.6 is 11.8 Å². The number of nitrogens with zero attached hydrogens (tertiary/aromatic N) is 1. The van der Waals surface area contributed by atoms with Crippen molar-refractivity contribution < 1.29 is 0 Å². The van der Waals surface area contributed by atoms with E-state index in [0.717, 1.165) is 23.4 Å². The summed E-state index contributed by atoms with van der Waals surface area (Å²) in [5.74, 6) is 0.976. The molecular formula is C17H19N3S. The molecule has 0 fully saturated rings. The Labute approximate surface area is 129 Å². The van der Waals surface area contributed by atoms with E-state index in [1.54, 1.807) is 11.8 Å². The van der Waals surface area contributed by atoms with Crippen LogP contribution in [-0.4, -0.2) is 16.2 Å². The molecule has 3 rings (SSSR count). The highest BCUT2D eigenvalue weighted by molar-refractivity contribution is 7.98. The van der Waals surface area contributed by atoms with Crippen LogP contribution in [0, 0.1) is 0 Å². The van der Waals surface area contributed by atoms with Gasteiger partial charge < -0.3 is 10.3 Å². The number of imidazole rings is 1. The Hall–Kier alpha value is -1.78. The van der Waals surface area contributed by atoms with Crippen LogP contribution in [0.3, 0.4) is 0 Å². The maximum atomic E-state index is 4.58. The summed E-state index contributed by atoms with van der Waals surface area (Å²) in [6.45, 7) is 2.91. The Morgan fingerprint density at radius 3 is 2.62 bits per heavy atom. The molecule has 0 spiro atoms. The first-order valence-electron chi connectivity index (χ1n) is 7.07. The zero-order valence-electron chi connectivity index (χ0n) is 12.3. The van der Waals surface area contributed by atoms with Gasteiger partial charge >= 0.3 is 0 Å². The lowest BCUT2D eigenvalue weighted by Gasteiger charge is -2.13. The summed E-state index contributed by atoms with van der Waals surface area (Å²) in [7, 11) is 0. The van der Waals surface area contributed by atoms with Crippen molar-refractivity contribution in [3.05, 3.63) is 59.9 Å². The number of hydrogen-bond acceptors (Lipinski definition) is 3. The van der Waals surface area contributed by atoms with Gasteiger partial charge in [0.05, 0.1) is 17.6 Å². The van der Waals surface area contributed by atoms with Crippen LogP contribution in [-0.2, 0) is 6.54 Å². The molecule has 21 heavy (non-hydrogen) atoms. The molecule has 0 aliphatic carbocycles. The lowest BCUT2D eigenvalue weighted by Crippen LogP contribution is -2.18. The van der Waals surface area contributed by atoms with Crippen molar-refractivity contribution in [1.29, 1.82) is 0 Å². The van der Waals surface area contributed by atoms with Crippen LogP contribution in [0.2, 0.25) is 0 Å². The fourth-order valence-electron chi connectivity index (χ4n) is 2.35. The summed E-state index contributed by atoms with van der Waals surface area (Å²) >= 11 is 1.77. The molecule has 0 amide bonds. The number of aromatic amines is 1. The van der Waals surface area contributed by atoms with Gasteiger partial charge in [-0.3, -0.25) is 0 Å². The molecule has 3 nitrogen and oxygen atoms in total. The Bertz CT molecular complexity index is 685. The number of benzene rings is 2. The molecule has 1 aromatic heterocycles. The fourth-order valence-corrected chi connectivity index (χ4v) is 2.76. The third-order valence-electron chi connectivity index (χ3n) is 3.63. The molecule has 4 heteroatoms. The molecule has 0 saturated heterocycles. The Kier molecular flexibility index (Phi) is 4.27. The SMILES string of the molecule is CSc1ccc(C(C)NCc2nc3ccccc3[nH]2)cc1. The Balaban J connectivity index is 1.65. The molecule has 0 bridgehead atoms. The van der Waals surface area contributed by atoms with E-state index in [1.165, 1.54) is 10.5 Å². The topological polar surface area (TPSA) is 40.7 Å². The van der Waals surface area contributed by atoms with E-state index in [-0.39, 0.29) is 0 Å². The number of nitrogens with one attached hydrogen (secondary N) is 2. The standard InChI is InChI=1S/C17H19N3S/c1-12(13-7-9-14(21-2)10-8-13)18-11-17-19-15-5-3-4-6-16(15)20-17/h3-10,12,18H,11H2,1-2H3,(H,19,20). The minimum atomic E-state index is 0.300. The van der Waals surface area contributed by atoms with Crippen molar-refractivity contribution in [2.45, 2.75) is 24.4 Å². The van der Waals surface area contributed by atoms with E-state index in [1.807, 2.05) is 18.2 Å². The molecule has 1 unspecified atom stereocenters. The number of aromatic nitrogens is 2. The Morgan fingerprint density at radius 1 is 1.14 bits per heavy atom. The molecule has 1 heterocycles. The quantitative estimate of drug-likeness (QED) is 0.696. The summed E-state index contributed by atoms with van der Waals surface area (Å²) in [6.07, 6.45) is 2.10. The van der Waals surface area contributed by atoms with Crippen LogP contribution in [0.4, 0.5) is 0 Å². The van der Waals surface area contributed by atoms with Crippen molar-refractivity contribution >= 4 is 22.8 Å². The van der Waals surface area contributed by atoms with E-state index < -0.39 is 0 Å². The molecule has 2 aromatic carbocycles. The molecule has 0 radical (unpaired) electrons. The second-order valence-corrected chi connectivity index (χ2v) is 5.96. The monoisotopic (exact) mass is 297 g/mol. The van der Waals surface area contributed by atoms with Crippen LogP contribution in [0.5, 0.6) is 0 Å². The summed E-state index contributed by atoms with van der Waals surface area (Å²) in [5.41, 5.74) is 3.40. The average Bonchev–Trinajstić information content (AvgIpc) is 2.95. The summed E-state index contributed by atoms with van der Waals surface area (Å²) in [5, 5.41) is 3.51. The fraction of sp³-hybridized carbons (Fsp3) is 0.235. The first kappa shape index (κ1) is 14.2. The maximum absolute atomic E-state index is 4.58. The molecule has 3 aromatic rings. The lowest BCUT2D eigenvalue weighted by atomic mass is 10.1. The summed E-state index contributed by atoms with van der Waals surface area (Å²) < 4.78 is 0. The maximum Gasteiger partial charge on any atom is 0.121 e. The summed E-state index contributed by atoms with van der Waals surface area (Å²) in [6, 6.07) is 17.1. The van der Waals surface area contributed by atoms with Crippen molar-refractivity contribution in [2.75, 3.05) is 6.26 Å². The van der Waals surface area contributed by atoms with Crippen LogP contribution in [0.1, 0.15) is 24.4 Å². The number of fused-ring (bicyclic) bond motifs is 1. The third kappa shape index (κ3) is 3.28. The van der Waals surface area contributed by atoms with Gasteiger partial charge in [0.25, 0.3) is 0 Å². The molecule has 0 saturated carbocycles. The zero-order valence-corrected chi connectivity index (χ0v) is 13.1. The van der Waals surface area contributed by atoms with E-state index in [4.69, 9.17) is 0 Å². The van der Waals surface area contributed by atoms with E-state index in [2.05, 4.69) is 58.8 Å². The van der Waals surface area contributed by atoms with Gasteiger partial charge in [0.15, 0.2) is 0 Å². The lowest BCUT2D eigenvalue weighted by molar-refractivity contribution is 0.562. The molecular weight excluding hydrogens is 278 g/mol. The van der Waals surface area contributed by atoms with Gasteiger partial charge in [-0.2, -0.15) is 0 Å². The minimum Gasteiger partial charge on any atom is -0.341 e. The van der Waals surface area contributed by atoms with E-state index in [9.17, 15) is 0 Å². The number of hydrogen-bond donors (Lipinski definition) is 2. The number of thioether (sulfide) groups is 1. The molecule has 0 aliphatic heterocycles. The highest BCUT2D eigenvalue weighted by atomic mass is 32.2. The van der Waals surface area contributed by atoms with Crippen molar-refractivity contribution in [1.82, 2.24) is 15.3 Å². The number of H-pyrrole nitrogens is 1. The average molecular weight is 297 g/mol. The van der Waals surface area contributed by atoms with E-state index in [0.29, 0.717) is 6.04 Å². The normalized spacial score (nSPS) is 12.7. The molecule has 2 N–H and O–H groups in total. The van der Waals surface area contributed by atoms with Gasteiger partial charge in [0.1, 0.15) is 5.82 Å². The molecule has 1 atom stereocenters. The van der Waals surface area contributed by atoms with Crippen molar-refractivity contribution in [3.63, 3.8) is 0 Å². The molecule has 0 aliphatic rings. The second-order valence-electron chi connectivity index (χ2n) is 5.08. The van der Waals surface area contributed by atoms with E-state index >= 15 is 0 Å². The van der Waals surface area contributed by atoms with Gasteiger partial charge in [-0.15, -0.1) is 11.8 Å². The summed E-state index contributed by atoms with van der Waals surface area (Å²) in [4.78, 5) is 9.22. The van der Waals surface area contributed by atoms with Crippen molar-refractivity contribution in [3.8, 4) is 0 Å². The Morgan fingerprint density at radius 2 is 1.90 bits per heavy atom. The highest BCUT2D eigenvalue weighted by Crippen LogP contribution is 2.19. The second kappa shape index (κ2) is 6.33. The van der Waals surface area contributed by atoms with Gasteiger partial charge in [0, 0.05) is 10.9 Å². The van der Waals surface area contributed by atoms with Crippen LogP contribution < -0.4 is 5.32 Å². The largest absolute Gasteiger partial charge is 0.341 e. The smallest absolute Gasteiger partial charge is 0.121 e. The number of para-hydroxylation sites is 2. The van der Waals surface area contributed by atoms with Gasteiger partial charge in [-0.25, -0.2) is 4.98 Å². The highest BCUT2D eigenvalue weighted by Gasteiger charge is 2.07. The van der Waals surface area contributed by atoms with Crippen molar-refractivity contribution in [2.24, 2.45) is 0 Å². The minimum absolute atomic E-state index is 0.300. The van der Waals surface area contributed by atoms with Gasteiger partial charge in [-0.05, 0) is 43.0 Å². The third-order valence-corrected chi connectivity index (χ3v) is 4.37. The number of rotatable bonds is 5. The zero-order chi connectivity index (χ0) is 14.7. The van der Waals surface area contributed by atoms with Gasteiger partial charge in [-0.1, -0.05) is 24.3 Å². The van der Waals surface area contributed by atoms with Gasteiger partial charge in [0.2, 0.25) is 0 Å². The first-order chi connectivity index (χ1) is 10.3. The first-order valence-corrected chi connectivity index (χ1v) is 8.29. The predicted molar refractivity (Wildman–Crippen MR) is 89.6 cm³/mol. The predicted octanol–water partition coefficient (Wildman–Crippen LogP) is 4.14. The molecule has 108 valence electrons. The van der Waals surface area contributed by atoms with Crippen LogP contribution in [0.25, 0.3) is 11.0 Å².